The van der Waals surface area contributed by atoms with E-state index in [0.29, 0.717) is 0 Å². The zero-order valence-electron chi connectivity index (χ0n) is 10.5. The SMILES string of the molecule is Cc1cccc(CCC(N)Cc2sccc2Cl)c1. The van der Waals surface area contributed by atoms with Crippen molar-refractivity contribution in [2.45, 2.75) is 32.2 Å². The number of rotatable bonds is 5. The molecule has 0 radical (unpaired) electrons. The van der Waals surface area contributed by atoms with Crippen LogP contribution in [0, 0.1) is 6.92 Å². The van der Waals surface area contributed by atoms with Gasteiger partial charge in [0, 0.05) is 10.9 Å². The molecule has 2 rings (SSSR count). The van der Waals surface area contributed by atoms with Gasteiger partial charge in [0.25, 0.3) is 0 Å². The highest BCUT2D eigenvalue weighted by atomic mass is 35.5. The molecule has 1 heterocycles. The van der Waals surface area contributed by atoms with Gasteiger partial charge in [-0.25, -0.2) is 0 Å². The first-order chi connectivity index (χ1) is 8.65. The molecule has 0 spiro atoms. The fourth-order valence-corrected chi connectivity index (χ4v) is 3.24. The summed E-state index contributed by atoms with van der Waals surface area (Å²) in [6.45, 7) is 2.12. The summed E-state index contributed by atoms with van der Waals surface area (Å²) in [7, 11) is 0. The van der Waals surface area contributed by atoms with Gasteiger partial charge in [-0.15, -0.1) is 11.3 Å². The van der Waals surface area contributed by atoms with Crippen LogP contribution in [-0.2, 0) is 12.8 Å². The first-order valence-corrected chi connectivity index (χ1v) is 7.44. The molecule has 1 aromatic heterocycles. The van der Waals surface area contributed by atoms with E-state index in [1.165, 1.54) is 16.0 Å². The van der Waals surface area contributed by atoms with Crippen LogP contribution in [0.3, 0.4) is 0 Å². The topological polar surface area (TPSA) is 26.0 Å². The fraction of sp³-hybridized carbons (Fsp3) is 0.333. The summed E-state index contributed by atoms with van der Waals surface area (Å²) in [6.07, 6.45) is 2.91. The molecule has 18 heavy (non-hydrogen) atoms. The Bertz CT molecular complexity index is 507. The van der Waals surface area contributed by atoms with Crippen LogP contribution in [0.15, 0.2) is 35.7 Å². The van der Waals surface area contributed by atoms with Gasteiger partial charge in [0.15, 0.2) is 0 Å². The molecular weight excluding hydrogens is 262 g/mol. The Kier molecular flexibility index (Phi) is 4.81. The van der Waals surface area contributed by atoms with Gasteiger partial charge < -0.3 is 5.73 Å². The van der Waals surface area contributed by atoms with E-state index < -0.39 is 0 Å². The third-order valence-electron chi connectivity index (χ3n) is 3.02. The zero-order chi connectivity index (χ0) is 13.0. The van der Waals surface area contributed by atoms with Crippen molar-refractivity contribution in [3.05, 3.63) is 56.7 Å². The quantitative estimate of drug-likeness (QED) is 0.872. The second-order valence-corrected chi connectivity index (χ2v) is 6.09. The molecule has 96 valence electrons. The molecule has 0 fully saturated rings. The van der Waals surface area contributed by atoms with E-state index in [1.807, 2.05) is 11.4 Å². The van der Waals surface area contributed by atoms with Gasteiger partial charge in [-0.2, -0.15) is 0 Å². The maximum absolute atomic E-state index is 6.17. The Morgan fingerprint density at radius 2 is 2.17 bits per heavy atom. The normalized spacial score (nSPS) is 12.6. The van der Waals surface area contributed by atoms with Crippen molar-refractivity contribution < 1.29 is 0 Å². The molecule has 3 heteroatoms. The average molecular weight is 280 g/mol. The number of halogens is 1. The van der Waals surface area contributed by atoms with Gasteiger partial charge in [-0.3, -0.25) is 0 Å². The summed E-state index contributed by atoms with van der Waals surface area (Å²) in [6, 6.07) is 10.7. The molecule has 2 aromatic rings. The molecule has 0 aliphatic carbocycles. The number of aryl methyl sites for hydroxylation is 2. The fourth-order valence-electron chi connectivity index (χ4n) is 2.03. The lowest BCUT2D eigenvalue weighted by Gasteiger charge is -2.11. The average Bonchev–Trinajstić information content (AvgIpc) is 2.73. The first kappa shape index (κ1) is 13.6. The summed E-state index contributed by atoms with van der Waals surface area (Å²) in [5.41, 5.74) is 8.84. The molecule has 1 unspecified atom stereocenters. The Balaban J connectivity index is 1.85. The van der Waals surface area contributed by atoms with Crippen LogP contribution >= 0.6 is 22.9 Å². The highest BCUT2D eigenvalue weighted by Gasteiger charge is 2.08. The minimum absolute atomic E-state index is 0.182. The van der Waals surface area contributed by atoms with E-state index in [0.717, 1.165) is 24.3 Å². The third kappa shape index (κ3) is 3.84. The smallest absolute Gasteiger partial charge is 0.0545 e. The number of hydrogen-bond acceptors (Lipinski definition) is 2. The largest absolute Gasteiger partial charge is 0.327 e. The summed E-state index contributed by atoms with van der Waals surface area (Å²) in [5.74, 6) is 0. The van der Waals surface area contributed by atoms with E-state index in [-0.39, 0.29) is 6.04 Å². The lowest BCUT2D eigenvalue weighted by atomic mass is 10.0. The summed E-state index contributed by atoms with van der Waals surface area (Å²) >= 11 is 7.77. The number of benzene rings is 1. The molecule has 0 bridgehead atoms. The summed E-state index contributed by atoms with van der Waals surface area (Å²) in [5, 5.41) is 2.87. The lowest BCUT2D eigenvalue weighted by molar-refractivity contribution is 0.615. The Labute approximate surface area is 118 Å². The van der Waals surface area contributed by atoms with E-state index in [4.69, 9.17) is 17.3 Å². The standard InChI is InChI=1S/C15H18ClNS/c1-11-3-2-4-12(9-11)5-6-13(17)10-15-14(16)7-8-18-15/h2-4,7-9,13H,5-6,10,17H2,1H3. The predicted octanol–water partition coefficient (Wildman–Crippen LogP) is 4.21. The van der Waals surface area contributed by atoms with Crippen LogP contribution in [0.1, 0.15) is 22.4 Å². The zero-order valence-corrected chi connectivity index (χ0v) is 12.1. The number of thiophene rings is 1. The number of nitrogens with two attached hydrogens (primary N) is 1. The monoisotopic (exact) mass is 279 g/mol. The Hall–Kier alpha value is -0.830. The Morgan fingerprint density at radius 3 is 2.83 bits per heavy atom. The number of hydrogen-bond donors (Lipinski definition) is 1. The molecule has 0 saturated heterocycles. The Morgan fingerprint density at radius 1 is 1.33 bits per heavy atom. The van der Waals surface area contributed by atoms with Gasteiger partial charge in [0.1, 0.15) is 0 Å². The van der Waals surface area contributed by atoms with Crippen LogP contribution in [0.5, 0.6) is 0 Å². The second-order valence-electron chi connectivity index (χ2n) is 4.68. The molecule has 1 atom stereocenters. The molecule has 2 N–H and O–H groups in total. The maximum atomic E-state index is 6.17. The van der Waals surface area contributed by atoms with Crippen molar-refractivity contribution in [1.29, 1.82) is 0 Å². The van der Waals surface area contributed by atoms with Gasteiger partial charge in [-0.1, -0.05) is 41.4 Å². The summed E-state index contributed by atoms with van der Waals surface area (Å²) < 4.78 is 0. The van der Waals surface area contributed by atoms with Crippen LogP contribution in [0.4, 0.5) is 0 Å². The van der Waals surface area contributed by atoms with Crippen LogP contribution in [0.2, 0.25) is 5.02 Å². The van der Waals surface area contributed by atoms with Crippen molar-refractivity contribution in [2.75, 3.05) is 0 Å². The summed E-state index contributed by atoms with van der Waals surface area (Å²) in [4.78, 5) is 1.20. The minimum atomic E-state index is 0.182. The van der Waals surface area contributed by atoms with Gasteiger partial charge in [0.05, 0.1) is 5.02 Å². The van der Waals surface area contributed by atoms with Gasteiger partial charge in [-0.05, 0) is 43.2 Å². The molecule has 0 aliphatic rings. The van der Waals surface area contributed by atoms with E-state index in [1.54, 1.807) is 11.3 Å². The first-order valence-electron chi connectivity index (χ1n) is 6.18. The second kappa shape index (κ2) is 6.37. The van der Waals surface area contributed by atoms with Crippen LogP contribution in [0.25, 0.3) is 0 Å². The van der Waals surface area contributed by atoms with E-state index >= 15 is 0 Å². The van der Waals surface area contributed by atoms with Crippen molar-refractivity contribution in [3.8, 4) is 0 Å². The molecule has 1 aromatic carbocycles. The molecule has 0 saturated carbocycles. The predicted molar refractivity (Wildman–Crippen MR) is 80.5 cm³/mol. The lowest BCUT2D eigenvalue weighted by Crippen LogP contribution is -2.23. The van der Waals surface area contributed by atoms with E-state index in [2.05, 4.69) is 31.2 Å². The van der Waals surface area contributed by atoms with Crippen molar-refractivity contribution in [3.63, 3.8) is 0 Å². The highest BCUT2D eigenvalue weighted by Crippen LogP contribution is 2.23. The maximum Gasteiger partial charge on any atom is 0.0545 e. The van der Waals surface area contributed by atoms with Crippen LogP contribution in [-0.4, -0.2) is 6.04 Å². The van der Waals surface area contributed by atoms with Crippen LogP contribution < -0.4 is 5.73 Å². The van der Waals surface area contributed by atoms with Crippen molar-refractivity contribution in [1.82, 2.24) is 0 Å². The minimum Gasteiger partial charge on any atom is -0.327 e. The van der Waals surface area contributed by atoms with Gasteiger partial charge in [0.2, 0.25) is 0 Å². The third-order valence-corrected chi connectivity index (χ3v) is 4.43. The molecular formula is C15H18ClNS. The van der Waals surface area contributed by atoms with Gasteiger partial charge >= 0.3 is 0 Å². The molecule has 1 nitrogen and oxygen atoms in total. The molecule has 0 aliphatic heterocycles. The van der Waals surface area contributed by atoms with E-state index in [9.17, 15) is 0 Å². The van der Waals surface area contributed by atoms with Crippen molar-refractivity contribution in [2.24, 2.45) is 5.73 Å². The highest BCUT2D eigenvalue weighted by molar-refractivity contribution is 7.10. The molecule has 0 amide bonds. The van der Waals surface area contributed by atoms with Crippen molar-refractivity contribution >= 4 is 22.9 Å².